The molecule has 5 unspecified atom stereocenters. The molecular weight excluding hydrogens is 1360 g/mol. The summed E-state index contributed by atoms with van der Waals surface area (Å²) in [5, 5.41) is 20.7. The molecule has 0 aliphatic rings. The number of rotatable bonds is 78. The Bertz CT molecular complexity index is 2440. The van der Waals surface area contributed by atoms with Gasteiger partial charge in [-0.1, -0.05) is 315 Å². The average Bonchev–Trinajstić information content (AvgIpc) is 0.914. The van der Waals surface area contributed by atoms with Gasteiger partial charge in [-0.3, -0.25) is 32.5 Å². The minimum Gasteiger partial charge on any atom is -0.463 e. The van der Waals surface area contributed by atoms with E-state index in [0.29, 0.717) is 19.3 Å². The third kappa shape index (κ3) is 80.5. The number of phosphoric acid groups is 2. The van der Waals surface area contributed by atoms with Crippen LogP contribution >= 0.6 is 15.6 Å². The van der Waals surface area contributed by atoms with E-state index in [0.717, 1.165) is 148 Å². The monoisotopic (exact) mass is 1510 g/mol. The van der Waals surface area contributed by atoms with Crippen molar-refractivity contribution in [3.05, 3.63) is 134 Å². The second kappa shape index (κ2) is 79.2. The summed E-state index contributed by atoms with van der Waals surface area (Å²) >= 11 is 0. The van der Waals surface area contributed by atoms with Gasteiger partial charge in [0.15, 0.2) is 6.10 Å². The van der Waals surface area contributed by atoms with Crippen molar-refractivity contribution < 1.29 is 75.8 Å². The Morgan fingerprint density at radius 1 is 0.276 bits per heavy atom. The van der Waals surface area contributed by atoms with Crippen LogP contribution in [0.25, 0.3) is 0 Å². The lowest BCUT2D eigenvalue weighted by molar-refractivity contribution is -0.161. The van der Waals surface area contributed by atoms with Crippen molar-refractivity contribution in [2.24, 2.45) is 0 Å². The first kappa shape index (κ1) is 101. The summed E-state index contributed by atoms with van der Waals surface area (Å²) in [6.07, 6.45) is 96.4. The number of aliphatic hydroxyl groups is 2. The fourth-order valence-electron chi connectivity index (χ4n) is 11.0. The highest BCUT2D eigenvalue weighted by molar-refractivity contribution is 7.47. The van der Waals surface area contributed by atoms with Crippen LogP contribution in [-0.4, -0.2) is 95.9 Å². The molecule has 0 aliphatic heterocycles. The molecule has 604 valence electrons. The minimum atomic E-state index is -4.94. The van der Waals surface area contributed by atoms with E-state index in [-0.39, 0.29) is 19.3 Å². The Kier molecular flexibility index (Phi) is 76.0. The first-order valence-corrected chi connectivity index (χ1v) is 44.5. The topological polar surface area (TPSA) is 231 Å². The van der Waals surface area contributed by atoms with Crippen molar-refractivity contribution in [2.45, 2.75) is 360 Å². The molecule has 0 spiro atoms. The van der Waals surface area contributed by atoms with Gasteiger partial charge in [-0.15, -0.1) is 0 Å². The van der Waals surface area contributed by atoms with Gasteiger partial charge in [-0.2, -0.15) is 0 Å². The standard InChI is InChI=1S/C87H150O16P2/c1-4-7-10-13-16-19-22-25-28-30-32-34-36-38-39-40-41-43-45-46-48-50-53-55-58-61-64-67-70-73-85(90)97-76-82(88)77-99-104(93,94)100-78-83(89)79-101-105(95,96)102-81-84(103-87(92)75-72-69-66-63-60-57-52-27-24-21-18-15-12-9-6-3)80-98-86(91)74-71-68-65-62-59-56-54-51-49-47-44-42-37-35-33-31-29-26-23-20-17-14-11-8-5-2/h9,12,16-21,25-29,32-35,38-39,42,44,52,82-84,88-89H,4-8,10-11,13-15,22-24,30-31,36-37,40-41,43,45-51,53-81H2,1-3H3,(H,93,94)(H,95,96)/b12-9-,19-16-,20-17-,21-18-,28-25-,29-26-,34-32-,35-33-,39-38-,44-42-,52-27-. The summed E-state index contributed by atoms with van der Waals surface area (Å²) in [5.74, 6) is -1.60. The predicted octanol–water partition coefficient (Wildman–Crippen LogP) is 24.7. The second-order valence-electron chi connectivity index (χ2n) is 27.5. The van der Waals surface area contributed by atoms with Gasteiger partial charge >= 0.3 is 33.6 Å². The van der Waals surface area contributed by atoms with E-state index in [4.69, 9.17) is 32.3 Å². The van der Waals surface area contributed by atoms with Crippen LogP contribution in [0.1, 0.15) is 342 Å². The zero-order valence-corrected chi connectivity index (χ0v) is 67.9. The molecule has 0 bridgehead atoms. The summed E-state index contributed by atoms with van der Waals surface area (Å²) < 4.78 is 61.2. The fourth-order valence-corrected chi connectivity index (χ4v) is 12.6. The largest absolute Gasteiger partial charge is 0.472 e. The number of carbonyl (C=O) groups is 3. The summed E-state index contributed by atoms with van der Waals surface area (Å²) in [4.78, 5) is 58.7. The molecule has 0 amide bonds. The first-order chi connectivity index (χ1) is 51.2. The lowest BCUT2D eigenvalue weighted by Crippen LogP contribution is -2.30. The van der Waals surface area contributed by atoms with Crippen LogP contribution in [0.4, 0.5) is 0 Å². The normalized spacial score (nSPS) is 14.6. The number of unbranched alkanes of at least 4 members (excludes halogenated alkanes) is 33. The highest BCUT2D eigenvalue weighted by atomic mass is 31.2. The lowest BCUT2D eigenvalue weighted by atomic mass is 10.0. The number of hydrogen-bond donors (Lipinski definition) is 4. The number of phosphoric ester groups is 2. The van der Waals surface area contributed by atoms with Crippen LogP contribution in [0.3, 0.4) is 0 Å². The van der Waals surface area contributed by atoms with E-state index < -0.39 is 91.5 Å². The molecule has 0 heterocycles. The van der Waals surface area contributed by atoms with Crippen LogP contribution < -0.4 is 0 Å². The van der Waals surface area contributed by atoms with Crippen molar-refractivity contribution in [2.75, 3.05) is 39.6 Å². The van der Waals surface area contributed by atoms with Gasteiger partial charge in [-0.05, 0) is 141 Å². The maximum atomic E-state index is 13.0. The van der Waals surface area contributed by atoms with Crippen LogP contribution in [0, 0.1) is 0 Å². The molecule has 105 heavy (non-hydrogen) atoms. The van der Waals surface area contributed by atoms with E-state index in [2.05, 4.69) is 154 Å². The van der Waals surface area contributed by atoms with Crippen LogP contribution in [0.15, 0.2) is 134 Å². The zero-order chi connectivity index (χ0) is 76.6. The average molecular weight is 1510 g/mol. The van der Waals surface area contributed by atoms with Crippen molar-refractivity contribution in [3.63, 3.8) is 0 Å². The SMILES string of the molecule is CC/C=C\C/C=C\C/C=C\CCCCCCCC(=O)OC(COC(=O)CCCCCCCCCCC/C=C\C/C=C\C/C=C\C/C=C\CCCCC)COP(=O)(O)OCC(O)COP(=O)(O)OCC(O)COC(=O)CCCCCCCCCCCCCCC/C=C\C/C=C\C/C=C\C/C=C\CCCCC. The Hall–Kier alpha value is -4.31. The maximum absolute atomic E-state index is 13.0. The molecule has 0 saturated carbocycles. The summed E-state index contributed by atoms with van der Waals surface area (Å²) in [7, 11) is -9.80. The summed E-state index contributed by atoms with van der Waals surface area (Å²) in [6, 6.07) is 0. The van der Waals surface area contributed by atoms with Gasteiger partial charge in [0.2, 0.25) is 0 Å². The number of esters is 3. The molecule has 18 heteroatoms. The first-order valence-electron chi connectivity index (χ1n) is 41.5. The second-order valence-corrected chi connectivity index (χ2v) is 30.4. The van der Waals surface area contributed by atoms with E-state index in [1.165, 1.54) is 135 Å². The third-order valence-electron chi connectivity index (χ3n) is 17.3. The Morgan fingerprint density at radius 3 is 0.800 bits per heavy atom. The van der Waals surface area contributed by atoms with Gasteiger partial charge in [-0.25, -0.2) is 9.13 Å². The van der Waals surface area contributed by atoms with Crippen molar-refractivity contribution >= 4 is 33.6 Å². The van der Waals surface area contributed by atoms with Crippen LogP contribution in [0.2, 0.25) is 0 Å². The maximum Gasteiger partial charge on any atom is 0.472 e. The highest BCUT2D eigenvalue weighted by Gasteiger charge is 2.29. The Morgan fingerprint density at radius 2 is 0.505 bits per heavy atom. The molecule has 16 nitrogen and oxygen atoms in total. The van der Waals surface area contributed by atoms with E-state index in [1.54, 1.807) is 0 Å². The van der Waals surface area contributed by atoms with Gasteiger partial charge in [0.05, 0.1) is 26.4 Å². The molecule has 0 aliphatic carbocycles. The quantitative estimate of drug-likeness (QED) is 0.0146. The fraction of sp³-hybridized carbons (Fsp3) is 0.713. The van der Waals surface area contributed by atoms with Crippen LogP contribution in [-0.2, 0) is 55.8 Å². The molecule has 0 aromatic heterocycles. The minimum absolute atomic E-state index is 0.0811. The number of ether oxygens (including phenoxy) is 3. The third-order valence-corrected chi connectivity index (χ3v) is 19.2. The molecule has 4 N–H and O–H groups in total. The van der Waals surface area contributed by atoms with Gasteiger partial charge in [0.1, 0.15) is 25.4 Å². The van der Waals surface area contributed by atoms with Crippen molar-refractivity contribution in [1.82, 2.24) is 0 Å². The van der Waals surface area contributed by atoms with E-state index in [9.17, 15) is 43.5 Å². The molecule has 0 fully saturated rings. The Balaban J connectivity index is 4.54. The molecule has 0 radical (unpaired) electrons. The molecule has 0 saturated heterocycles. The summed E-state index contributed by atoms with van der Waals surface area (Å²) in [5.41, 5.74) is 0. The van der Waals surface area contributed by atoms with Gasteiger partial charge in [0, 0.05) is 19.3 Å². The molecule has 0 aromatic rings. The number of hydrogen-bond acceptors (Lipinski definition) is 14. The number of allylic oxidation sites excluding steroid dienone is 22. The molecular formula is C87H150O16P2. The molecule has 0 aromatic carbocycles. The van der Waals surface area contributed by atoms with Crippen molar-refractivity contribution in [3.8, 4) is 0 Å². The molecule has 5 atom stereocenters. The van der Waals surface area contributed by atoms with E-state index in [1.807, 2.05) is 0 Å². The number of aliphatic hydroxyl groups excluding tert-OH is 2. The zero-order valence-electron chi connectivity index (χ0n) is 66.1. The van der Waals surface area contributed by atoms with Gasteiger partial charge in [0.25, 0.3) is 0 Å². The molecule has 0 rings (SSSR count). The lowest BCUT2D eigenvalue weighted by Gasteiger charge is -2.21. The van der Waals surface area contributed by atoms with Crippen LogP contribution in [0.5, 0.6) is 0 Å². The smallest absolute Gasteiger partial charge is 0.463 e. The highest BCUT2D eigenvalue weighted by Crippen LogP contribution is 2.45. The Labute approximate surface area is 639 Å². The predicted molar refractivity (Wildman–Crippen MR) is 436 cm³/mol. The van der Waals surface area contributed by atoms with E-state index >= 15 is 0 Å². The number of carbonyl (C=O) groups excluding carboxylic acids is 3. The van der Waals surface area contributed by atoms with Gasteiger partial charge < -0.3 is 34.2 Å². The summed E-state index contributed by atoms with van der Waals surface area (Å²) in [6.45, 7) is 2.51. The van der Waals surface area contributed by atoms with Crippen molar-refractivity contribution in [1.29, 1.82) is 0 Å².